The van der Waals surface area contributed by atoms with Crippen molar-refractivity contribution in [2.24, 2.45) is 0 Å². The van der Waals surface area contributed by atoms with Crippen LogP contribution in [0, 0.1) is 0 Å². The molecule has 8 heavy (non-hydrogen) atoms. The van der Waals surface area contributed by atoms with Crippen LogP contribution in [0.4, 0.5) is 0 Å². The zero-order valence-electron chi connectivity index (χ0n) is 4.10. The minimum Gasteiger partial charge on any atom is -0.480 e. The first-order valence-electron chi connectivity index (χ1n) is 2.11. The van der Waals surface area contributed by atoms with Crippen molar-refractivity contribution >= 4 is 33.5 Å². The van der Waals surface area contributed by atoms with Gasteiger partial charge in [0.25, 0.3) is 0 Å². The maximum atomic E-state index is 9.98. The lowest BCUT2D eigenvalue weighted by molar-refractivity contribution is -0.136. The third-order valence-electron chi connectivity index (χ3n) is 0.631. The molecule has 0 spiro atoms. The van der Waals surface area contributed by atoms with Gasteiger partial charge >= 0.3 is 5.97 Å². The van der Waals surface area contributed by atoms with Gasteiger partial charge in [-0.25, -0.2) is 0 Å². The predicted octanol–water partition coefficient (Wildman–Crippen LogP) is 1.46. The molecule has 48 valence electrons. The maximum Gasteiger partial charge on any atom is 0.317 e. The van der Waals surface area contributed by atoms with Gasteiger partial charge in [0.2, 0.25) is 0 Å². The molecule has 0 saturated heterocycles. The number of carbonyl (C=O) groups is 1. The number of aliphatic carboxylic acids is 1. The Bertz CT molecular complexity index is 86.1. The van der Waals surface area contributed by atoms with E-state index < -0.39 is 10.8 Å². The van der Waals surface area contributed by atoms with Crippen LogP contribution in [-0.2, 0) is 4.79 Å². The normalized spacial score (nSPS) is 13.2. The summed E-state index contributed by atoms with van der Waals surface area (Å²) in [5.74, 6) is -0.479. The van der Waals surface area contributed by atoms with Crippen LogP contribution in [0.25, 0.3) is 0 Å². The Morgan fingerprint density at radius 1 is 1.88 bits per heavy atom. The van der Waals surface area contributed by atoms with Gasteiger partial charge < -0.3 is 5.11 Å². The Labute approximate surface area is 61.0 Å². The van der Waals surface area contributed by atoms with E-state index in [1.54, 1.807) is 0 Å². The number of carboxylic acid groups (broad SMARTS) is 1. The first kappa shape index (κ1) is 8.24. The standard InChI is InChI=1S/C4H6BrClO2/c5-3(1-2-6)4(7)8/h3H,1-2H2,(H,7,8). The van der Waals surface area contributed by atoms with Gasteiger partial charge in [0, 0.05) is 5.88 Å². The van der Waals surface area contributed by atoms with Crippen molar-refractivity contribution in [3.63, 3.8) is 0 Å². The lowest BCUT2D eigenvalue weighted by Crippen LogP contribution is -2.12. The summed E-state index contributed by atoms with van der Waals surface area (Å²) in [4.78, 5) is 9.50. The summed E-state index contributed by atoms with van der Waals surface area (Å²) in [5.41, 5.74) is 0. The first-order valence-corrected chi connectivity index (χ1v) is 3.56. The summed E-state index contributed by atoms with van der Waals surface area (Å²) in [7, 11) is 0. The van der Waals surface area contributed by atoms with Crippen molar-refractivity contribution in [1.29, 1.82) is 0 Å². The molecule has 0 aromatic rings. The van der Waals surface area contributed by atoms with E-state index in [2.05, 4.69) is 15.9 Å². The molecule has 1 N–H and O–H groups in total. The third-order valence-corrected chi connectivity index (χ3v) is 1.70. The van der Waals surface area contributed by atoms with E-state index in [1.807, 2.05) is 0 Å². The predicted molar refractivity (Wildman–Crippen MR) is 35.7 cm³/mol. The van der Waals surface area contributed by atoms with E-state index in [0.717, 1.165) is 0 Å². The molecule has 0 aliphatic rings. The highest BCUT2D eigenvalue weighted by molar-refractivity contribution is 9.10. The molecule has 0 aliphatic heterocycles. The maximum absolute atomic E-state index is 9.98. The lowest BCUT2D eigenvalue weighted by atomic mass is 10.3. The number of carboxylic acids is 1. The van der Waals surface area contributed by atoms with Crippen molar-refractivity contribution in [1.82, 2.24) is 0 Å². The zero-order chi connectivity index (χ0) is 6.57. The second kappa shape index (κ2) is 4.15. The SMILES string of the molecule is O=C(O)C(Br)CCCl. The van der Waals surface area contributed by atoms with Gasteiger partial charge in [0.1, 0.15) is 4.83 Å². The summed E-state index contributed by atoms with van der Waals surface area (Å²) < 4.78 is 0. The van der Waals surface area contributed by atoms with Gasteiger partial charge in [-0.05, 0) is 6.42 Å². The van der Waals surface area contributed by atoms with Gasteiger partial charge in [-0.15, -0.1) is 11.6 Å². The van der Waals surface area contributed by atoms with Crippen LogP contribution in [0.1, 0.15) is 6.42 Å². The van der Waals surface area contributed by atoms with Crippen molar-refractivity contribution < 1.29 is 9.90 Å². The Kier molecular flexibility index (Phi) is 4.28. The minimum absolute atomic E-state index is 0.377. The molecule has 0 aromatic carbocycles. The largest absolute Gasteiger partial charge is 0.480 e. The average molecular weight is 201 g/mol. The van der Waals surface area contributed by atoms with Crippen molar-refractivity contribution in [2.75, 3.05) is 5.88 Å². The fourth-order valence-corrected chi connectivity index (χ4v) is 0.930. The number of halogens is 2. The van der Waals surface area contributed by atoms with Gasteiger partial charge in [-0.2, -0.15) is 0 Å². The molecule has 1 atom stereocenters. The molecule has 0 fully saturated rings. The molecule has 0 amide bonds. The van der Waals surface area contributed by atoms with Crippen LogP contribution < -0.4 is 0 Å². The molecule has 0 radical (unpaired) electrons. The lowest BCUT2D eigenvalue weighted by Gasteiger charge is -1.97. The number of alkyl halides is 2. The Morgan fingerprint density at radius 2 is 2.38 bits per heavy atom. The quantitative estimate of drug-likeness (QED) is 0.702. The highest BCUT2D eigenvalue weighted by Gasteiger charge is 2.10. The summed E-state index contributed by atoms with van der Waals surface area (Å²) >= 11 is 8.17. The third kappa shape index (κ3) is 3.27. The topological polar surface area (TPSA) is 37.3 Å². The van der Waals surface area contributed by atoms with Gasteiger partial charge in [-0.1, -0.05) is 15.9 Å². The van der Waals surface area contributed by atoms with Crippen molar-refractivity contribution in [3.05, 3.63) is 0 Å². The molecular weight excluding hydrogens is 195 g/mol. The molecule has 2 nitrogen and oxygen atoms in total. The van der Waals surface area contributed by atoms with Crippen LogP contribution in [0.15, 0.2) is 0 Å². The van der Waals surface area contributed by atoms with E-state index in [1.165, 1.54) is 0 Å². The fourth-order valence-electron chi connectivity index (χ4n) is 0.219. The molecule has 0 bridgehead atoms. The van der Waals surface area contributed by atoms with Crippen LogP contribution in [-0.4, -0.2) is 21.8 Å². The molecular formula is C4H6BrClO2. The summed E-state index contributed by atoms with van der Waals surface area (Å²) in [6, 6.07) is 0. The number of rotatable bonds is 3. The molecule has 0 rings (SSSR count). The summed E-state index contributed by atoms with van der Waals surface area (Å²) in [5, 5.41) is 8.21. The zero-order valence-corrected chi connectivity index (χ0v) is 6.44. The fraction of sp³-hybridized carbons (Fsp3) is 0.750. The first-order chi connectivity index (χ1) is 3.68. The molecule has 4 heteroatoms. The number of hydrogen-bond acceptors (Lipinski definition) is 1. The van der Waals surface area contributed by atoms with E-state index in [4.69, 9.17) is 16.7 Å². The van der Waals surface area contributed by atoms with E-state index in [-0.39, 0.29) is 0 Å². The van der Waals surface area contributed by atoms with Crippen LogP contribution in [0.3, 0.4) is 0 Å². The second-order valence-electron chi connectivity index (χ2n) is 1.28. The molecule has 1 unspecified atom stereocenters. The van der Waals surface area contributed by atoms with Gasteiger partial charge in [-0.3, -0.25) is 4.79 Å². The Morgan fingerprint density at radius 3 is 2.50 bits per heavy atom. The van der Waals surface area contributed by atoms with Crippen LogP contribution in [0.2, 0.25) is 0 Å². The molecule has 0 saturated carbocycles. The molecule has 0 aliphatic carbocycles. The minimum atomic E-state index is -0.856. The van der Waals surface area contributed by atoms with Crippen LogP contribution in [0.5, 0.6) is 0 Å². The summed E-state index contributed by atoms with van der Waals surface area (Å²) in [6.45, 7) is 0. The van der Waals surface area contributed by atoms with Crippen molar-refractivity contribution in [2.45, 2.75) is 11.2 Å². The summed E-state index contributed by atoms with van der Waals surface area (Å²) in [6.07, 6.45) is 0.469. The van der Waals surface area contributed by atoms with Crippen molar-refractivity contribution in [3.8, 4) is 0 Å². The van der Waals surface area contributed by atoms with Gasteiger partial charge in [0.05, 0.1) is 0 Å². The van der Waals surface area contributed by atoms with Gasteiger partial charge in [0.15, 0.2) is 0 Å². The van der Waals surface area contributed by atoms with E-state index in [0.29, 0.717) is 12.3 Å². The smallest absolute Gasteiger partial charge is 0.317 e. The van der Waals surface area contributed by atoms with E-state index in [9.17, 15) is 4.79 Å². The number of hydrogen-bond donors (Lipinski definition) is 1. The molecule has 0 aromatic heterocycles. The molecule has 0 heterocycles. The highest BCUT2D eigenvalue weighted by Crippen LogP contribution is 2.05. The average Bonchev–Trinajstić information content (AvgIpc) is 1.67. The monoisotopic (exact) mass is 200 g/mol. The Balaban J connectivity index is 3.32. The second-order valence-corrected chi connectivity index (χ2v) is 2.77. The Hall–Kier alpha value is 0.240. The van der Waals surface area contributed by atoms with E-state index >= 15 is 0 Å². The van der Waals surface area contributed by atoms with Crippen LogP contribution >= 0.6 is 27.5 Å². The highest BCUT2D eigenvalue weighted by atomic mass is 79.9.